The van der Waals surface area contributed by atoms with Crippen molar-refractivity contribution in [2.45, 2.75) is 71.3 Å². The molecule has 0 aromatic rings. The average Bonchev–Trinajstić information content (AvgIpc) is 2.85. The Hall–Kier alpha value is -0.890. The Bertz CT molecular complexity index is 574. The van der Waals surface area contributed by atoms with Crippen molar-refractivity contribution in [3.63, 3.8) is 0 Å². The molecule has 0 radical (unpaired) electrons. The molecule has 0 unspecified atom stereocenters. The fraction of sp³-hybridized carbons (Fsp3) is 0.762. The molecule has 6 atom stereocenters. The predicted octanol–water partition coefficient (Wildman–Crippen LogP) is 4.44. The Labute approximate surface area is 140 Å². The van der Waals surface area contributed by atoms with Crippen LogP contribution in [0.25, 0.3) is 0 Å². The number of rotatable bonds is 1. The second kappa shape index (κ2) is 5.31. The van der Waals surface area contributed by atoms with E-state index in [-0.39, 0.29) is 11.5 Å². The summed E-state index contributed by atoms with van der Waals surface area (Å²) in [5, 5.41) is 10.1. The van der Waals surface area contributed by atoms with E-state index < -0.39 is 0 Å². The van der Waals surface area contributed by atoms with E-state index >= 15 is 0 Å². The minimum absolute atomic E-state index is 0.117. The van der Waals surface area contributed by atoms with E-state index in [1.54, 1.807) is 5.57 Å². The van der Waals surface area contributed by atoms with E-state index in [1.165, 1.54) is 31.3 Å². The zero-order valence-electron chi connectivity index (χ0n) is 14.6. The minimum atomic E-state index is -0.117. The molecule has 0 bridgehead atoms. The number of aliphatic hydroxyl groups excluding tert-OH is 1. The summed E-state index contributed by atoms with van der Waals surface area (Å²) in [5.41, 5.74) is 3.54. The third-order valence-corrected chi connectivity index (χ3v) is 8.19. The number of allylic oxidation sites excluding steroid dienone is 3. The molecular weight excluding hydrogens is 284 g/mol. The van der Waals surface area contributed by atoms with E-state index in [0.717, 1.165) is 49.7 Å². The van der Waals surface area contributed by atoms with Gasteiger partial charge in [0, 0.05) is 0 Å². The molecule has 4 aliphatic carbocycles. The summed E-state index contributed by atoms with van der Waals surface area (Å²) in [7, 11) is 0. The number of carbonyl (C=O) groups is 1. The molecule has 126 valence electrons. The van der Waals surface area contributed by atoms with Gasteiger partial charge in [0.15, 0.2) is 0 Å². The molecular formula is C21H30O2. The standard InChI is InChI=1S/C21H30O2/c1-20-11-8-19-17(18(20)6-4-14(20)9-12-22)5-3-15-13-16(23)7-10-21(15,19)2/h3,9,12,16-19,23H,4-8,10-11,13H2,1-2H3/t16-,17-,18-,19-,20+,21-/m0/s1. The van der Waals surface area contributed by atoms with Gasteiger partial charge in [-0.1, -0.05) is 31.1 Å². The molecule has 2 nitrogen and oxygen atoms in total. The van der Waals surface area contributed by atoms with Crippen LogP contribution in [0.3, 0.4) is 0 Å². The Morgan fingerprint density at radius 1 is 1.13 bits per heavy atom. The van der Waals surface area contributed by atoms with Crippen molar-refractivity contribution in [2.75, 3.05) is 0 Å². The van der Waals surface area contributed by atoms with Gasteiger partial charge in [0.1, 0.15) is 6.29 Å². The Morgan fingerprint density at radius 2 is 1.87 bits per heavy atom. The molecule has 3 saturated carbocycles. The van der Waals surface area contributed by atoms with E-state index in [9.17, 15) is 9.90 Å². The summed E-state index contributed by atoms with van der Waals surface area (Å²) in [6.45, 7) is 4.89. The number of carbonyl (C=O) groups excluding carboxylic acids is 1. The zero-order chi connectivity index (χ0) is 16.2. The van der Waals surface area contributed by atoms with Crippen LogP contribution in [0.15, 0.2) is 23.3 Å². The maximum absolute atomic E-state index is 11.0. The Balaban J connectivity index is 1.67. The van der Waals surface area contributed by atoms with E-state index in [0.29, 0.717) is 5.41 Å². The van der Waals surface area contributed by atoms with Gasteiger partial charge in [-0.15, -0.1) is 0 Å². The van der Waals surface area contributed by atoms with Crippen molar-refractivity contribution < 1.29 is 9.90 Å². The molecule has 0 spiro atoms. The fourth-order valence-electron chi connectivity index (χ4n) is 6.85. The lowest BCUT2D eigenvalue weighted by atomic mass is 9.48. The average molecular weight is 314 g/mol. The molecule has 1 N–H and O–H groups in total. The number of aliphatic hydroxyl groups is 1. The van der Waals surface area contributed by atoms with Crippen molar-refractivity contribution >= 4 is 6.29 Å². The fourth-order valence-corrected chi connectivity index (χ4v) is 6.85. The predicted molar refractivity (Wildman–Crippen MR) is 91.9 cm³/mol. The highest BCUT2D eigenvalue weighted by atomic mass is 16.3. The maximum atomic E-state index is 11.0. The van der Waals surface area contributed by atoms with Crippen molar-refractivity contribution in [1.29, 1.82) is 0 Å². The Morgan fingerprint density at radius 3 is 2.65 bits per heavy atom. The number of fused-ring (bicyclic) bond motifs is 5. The normalized spacial score (nSPS) is 50.7. The van der Waals surface area contributed by atoms with Crippen molar-refractivity contribution in [3.8, 4) is 0 Å². The van der Waals surface area contributed by atoms with E-state index in [2.05, 4.69) is 19.9 Å². The maximum Gasteiger partial charge on any atom is 0.142 e. The first-order valence-corrected chi connectivity index (χ1v) is 9.51. The third-order valence-electron chi connectivity index (χ3n) is 8.19. The van der Waals surface area contributed by atoms with Crippen LogP contribution in [0.4, 0.5) is 0 Å². The summed E-state index contributed by atoms with van der Waals surface area (Å²) in [6, 6.07) is 0. The SMILES string of the molecule is C[C@]12CC[C@H](O)CC1=CC[C@@H]1[C@@H]2CC[C@]2(C)C(=CC=O)CC[C@@H]12. The second-order valence-corrected chi connectivity index (χ2v) is 8.98. The molecule has 0 saturated heterocycles. The highest BCUT2D eigenvalue weighted by molar-refractivity contribution is 5.67. The lowest BCUT2D eigenvalue weighted by molar-refractivity contribution is -0.104. The Kier molecular flexibility index (Phi) is 3.61. The molecule has 0 amide bonds. The van der Waals surface area contributed by atoms with Gasteiger partial charge in [-0.25, -0.2) is 0 Å². The van der Waals surface area contributed by atoms with Crippen LogP contribution in [-0.4, -0.2) is 17.5 Å². The molecule has 0 heterocycles. The number of hydrogen-bond donors (Lipinski definition) is 1. The van der Waals surface area contributed by atoms with Crippen LogP contribution in [-0.2, 0) is 4.79 Å². The van der Waals surface area contributed by atoms with Crippen molar-refractivity contribution in [3.05, 3.63) is 23.3 Å². The van der Waals surface area contributed by atoms with Gasteiger partial charge in [0.2, 0.25) is 0 Å². The van der Waals surface area contributed by atoms with Gasteiger partial charge in [-0.3, -0.25) is 4.79 Å². The van der Waals surface area contributed by atoms with Crippen LogP contribution in [0.1, 0.15) is 65.2 Å². The lowest BCUT2D eigenvalue weighted by Gasteiger charge is -2.57. The summed E-state index contributed by atoms with van der Waals surface area (Å²) >= 11 is 0. The first kappa shape index (κ1) is 15.6. The zero-order valence-corrected chi connectivity index (χ0v) is 14.6. The molecule has 0 aromatic carbocycles. The molecule has 0 aromatic heterocycles. The first-order valence-electron chi connectivity index (χ1n) is 9.51. The highest BCUT2D eigenvalue weighted by Crippen LogP contribution is 2.65. The van der Waals surface area contributed by atoms with Crippen molar-refractivity contribution in [1.82, 2.24) is 0 Å². The molecule has 3 fully saturated rings. The topological polar surface area (TPSA) is 37.3 Å². The quantitative estimate of drug-likeness (QED) is 0.441. The van der Waals surface area contributed by atoms with E-state index in [1.807, 2.05) is 6.08 Å². The van der Waals surface area contributed by atoms with Crippen LogP contribution >= 0.6 is 0 Å². The highest BCUT2D eigenvalue weighted by Gasteiger charge is 2.56. The molecule has 0 aliphatic heterocycles. The van der Waals surface area contributed by atoms with Crippen molar-refractivity contribution in [2.24, 2.45) is 28.6 Å². The van der Waals surface area contributed by atoms with Crippen LogP contribution < -0.4 is 0 Å². The first-order chi connectivity index (χ1) is 11.0. The van der Waals surface area contributed by atoms with Crippen LogP contribution in [0.2, 0.25) is 0 Å². The molecule has 4 rings (SSSR count). The molecule has 2 heteroatoms. The number of aldehydes is 1. The second-order valence-electron chi connectivity index (χ2n) is 8.98. The van der Waals surface area contributed by atoms with Crippen LogP contribution in [0, 0.1) is 28.6 Å². The van der Waals surface area contributed by atoms with Gasteiger partial charge in [-0.2, -0.15) is 0 Å². The smallest absolute Gasteiger partial charge is 0.142 e. The van der Waals surface area contributed by atoms with E-state index in [4.69, 9.17) is 0 Å². The summed E-state index contributed by atoms with van der Waals surface area (Å²) < 4.78 is 0. The van der Waals surface area contributed by atoms with Gasteiger partial charge >= 0.3 is 0 Å². The largest absolute Gasteiger partial charge is 0.393 e. The summed E-state index contributed by atoms with van der Waals surface area (Å²) in [4.78, 5) is 11.0. The molecule has 4 aliphatic rings. The lowest BCUT2D eigenvalue weighted by Crippen LogP contribution is -2.49. The van der Waals surface area contributed by atoms with Gasteiger partial charge in [0.25, 0.3) is 0 Å². The monoisotopic (exact) mass is 314 g/mol. The van der Waals surface area contributed by atoms with Gasteiger partial charge in [-0.05, 0) is 86.0 Å². The van der Waals surface area contributed by atoms with Gasteiger partial charge in [0.05, 0.1) is 6.10 Å². The minimum Gasteiger partial charge on any atom is -0.393 e. The third kappa shape index (κ3) is 2.13. The van der Waals surface area contributed by atoms with Crippen LogP contribution in [0.5, 0.6) is 0 Å². The molecule has 23 heavy (non-hydrogen) atoms. The summed E-state index contributed by atoms with van der Waals surface area (Å²) in [5.74, 6) is 2.30. The number of hydrogen-bond acceptors (Lipinski definition) is 2. The summed E-state index contributed by atoms with van der Waals surface area (Å²) in [6.07, 6.45) is 14.4. The van der Waals surface area contributed by atoms with Gasteiger partial charge < -0.3 is 5.11 Å².